The van der Waals surface area contributed by atoms with E-state index in [0.717, 1.165) is 0 Å². The first kappa shape index (κ1) is 11.2. The van der Waals surface area contributed by atoms with Crippen molar-refractivity contribution in [3.8, 4) is 0 Å². The van der Waals surface area contributed by atoms with E-state index in [1.54, 1.807) is 12.1 Å². The molecule has 0 aliphatic rings. The lowest BCUT2D eigenvalue weighted by Gasteiger charge is -2.12. The third-order valence-corrected chi connectivity index (χ3v) is 1.83. The molecule has 0 saturated carbocycles. The fraction of sp³-hybridized carbons (Fsp3) is 0.200. The summed E-state index contributed by atoms with van der Waals surface area (Å²) in [6, 6.07) is 6.07. The largest absolute Gasteiger partial charge is 0.481 e. The summed E-state index contributed by atoms with van der Waals surface area (Å²) in [6.45, 7) is 1.23. The van der Waals surface area contributed by atoms with Crippen LogP contribution in [0, 0.1) is 0 Å². The number of carbonyl (C=O) groups excluding carboxylic acids is 1. The second kappa shape index (κ2) is 4.56. The predicted molar refractivity (Wildman–Crippen MR) is 52.7 cm³/mol. The Morgan fingerprint density at radius 2 is 1.80 bits per heavy atom. The molecule has 0 radical (unpaired) electrons. The van der Waals surface area contributed by atoms with Crippen molar-refractivity contribution in [1.29, 1.82) is 0 Å². The molecule has 15 heavy (non-hydrogen) atoms. The van der Waals surface area contributed by atoms with Crippen LogP contribution in [0.3, 0.4) is 0 Å². The van der Waals surface area contributed by atoms with Gasteiger partial charge in [-0.15, -0.1) is 0 Å². The van der Waals surface area contributed by atoms with E-state index in [0.29, 0.717) is 16.3 Å². The summed E-state index contributed by atoms with van der Waals surface area (Å²) in [5.74, 6) is -1.42. The van der Waals surface area contributed by atoms with Gasteiger partial charge in [-0.3, -0.25) is 14.8 Å². The fourth-order valence-electron chi connectivity index (χ4n) is 1.11. The summed E-state index contributed by atoms with van der Waals surface area (Å²) in [5.41, 5.74) is 0.930. The molecule has 5 nitrogen and oxygen atoms in total. The second-order valence-electron chi connectivity index (χ2n) is 3.07. The summed E-state index contributed by atoms with van der Waals surface area (Å²) in [6.07, 6.45) is -0.0776. The Morgan fingerprint density at radius 3 is 2.20 bits per heavy atom. The van der Waals surface area contributed by atoms with Gasteiger partial charge in [-0.2, -0.15) is 5.06 Å². The number of carboxylic acid groups (broad SMARTS) is 1. The van der Waals surface area contributed by atoms with Gasteiger partial charge in [-0.1, -0.05) is 12.1 Å². The summed E-state index contributed by atoms with van der Waals surface area (Å²) in [5, 5.41) is 18.3. The number of amides is 1. The highest BCUT2D eigenvalue weighted by Crippen LogP contribution is 2.13. The Hall–Kier alpha value is -1.88. The van der Waals surface area contributed by atoms with E-state index in [1.807, 2.05) is 0 Å². The van der Waals surface area contributed by atoms with Crippen LogP contribution in [-0.2, 0) is 16.0 Å². The van der Waals surface area contributed by atoms with Crippen LogP contribution in [0.1, 0.15) is 12.5 Å². The number of rotatable bonds is 3. The smallest absolute Gasteiger partial charge is 0.307 e. The number of carboxylic acids is 1. The molecule has 80 valence electrons. The molecule has 1 rings (SSSR count). The number of hydroxylamine groups is 1. The lowest BCUT2D eigenvalue weighted by Crippen LogP contribution is -2.23. The van der Waals surface area contributed by atoms with Gasteiger partial charge in [0.25, 0.3) is 0 Å². The predicted octanol–water partition coefficient (Wildman–Crippen LogP) is 1.06. The van der Waals surface area contributed by atoms with Crippen molar-refractivity contribution in [1.82, 2.24) is 0 Å². The van der Waals surface area contributed by atoms with Gasteiger partial charge < -0.3 is 5.11 Å². The Balaban J connectivity index is 2.80. The van der Waals surface area contributed by atoms with Crippen LogP contribution in [0.5, 0.6) is 0 Å². The summed E-state index contributed by atoms with van der Waals surface area (Å²) < 4.78 is 0. The van der Waals surface area contributed by atoms with E-state index in [-0.39, 0.29) is 6.42 Å². The number of hydrogen-bond acceptors (Lipinski definition) is 3. The summed E-state index contributed by atoms with van der Waals surface area (Å²) >= 11 is 0. The highest BCUT2D eigenvalue weighted by atomic mass is 16.5. The number of anilines is 1. The molecule has 0 aromatic heterocycles. The van der Waals surface area contributed by atoms with E-state index in [1.165, 1.54) is 19.1 Å². The first-order valence-corrected chi connectivity index (χ1v) is 4.31. The lowest BCUT2D eigenvalue weighted by atomic mass is 10.1. The van der Waals surface area contributed by atoms with Crippen LogP contribution in [0.15, 0.2) is 24.3 Å². The quantitative estimate of drug-likeness (QED) is 0.576. The van der Waals surface area contributed by atoms with Crippen molar-refractivity contribution in [3.05, 3.63) is 29.8 Å². The van der Waals surface area contributed by atoms with Gasteiger partial charge in [0.1, 0.15) is 0 Å². The Bertz CT molecular complexity index is 372. The average molecular weight is 209 g/mol. The van der Waals surface area contributed by atoms with E-state index >= 15 is 0 Å². The van der Waals surface area contributed by atoms with E-state index < -0.39 is 11.9 Å². The zero-order chi connectivity index (χ0) is 11.4. The van der Waals surface area contributed by atoms with Crippen LogP contribution in [0.2, 0.25) is 0 Å². The van der Waals surface area contributed by atoms with Crippen LogP contribution in [0.25, 0.3) is 0 Å². The highest BCUT2D eigenvalue weighted by Gasteiger charge is 2.07. The van der Waals surface area contributed by atoms with Crippen molar-refractivity contribution in [2.45, 2.75) is 13.3 Å². The third-order valence-electron chi connectivity index (χ3n) is 1.83. The third kappa shape index (κ3) is 3.07. The molecular weight excluding hydrogens is 198 g/mol. The maximum atomic E-state index is 10.8. The van der Waals surface area contributed by atoms with Crippen LogP contribution in [-0.4, -0.2) is 22.2 Å². The number of carbonyl (C=O) groups is 2. The van der Waals surface area contributed by atoms with Crippen LogP contribution in [0.4, 0.5) is 5.69 Å². The van der Waals surface area contributed by atoms with Crippen LogP contribution < -0.4 is 5.06 Å². The van der Waals surface area contributed by atoms with Crippen molar-refractivity contribution in [2.24, 2.45) is 0 Å². The Labute approximate surface area is 86.5 Å². The first-order chi connectivity index (χ1) is 7.00. The number of benzene rings is 1. The van der Waals surface area contributed by atoms with Gasteiger partial charge in [0, 0.05) is 6.92 Å². The molecular formula is C10H11NO4. The standard InChI is InChI=1S/C10H11NO4/c1-7(12)11(15)9-4-2-8(3-5-9)6-10(13)14/h2-5,15H,6H2,1H3,(H,13,14). The Morgan fingerprint density at radius 1 is 1.27 bits per heavy atom. The Kier molecular flexibility index (Phi) is 3.41. The molecule has 0 aliphatic heterocycles. The number of hydrogen-bond donors (Lipinski definition) is 2. The second-order valence-corrected chi connectivity index (χ2v) is 3.07. The molecule has 1 aromatic rings. The van der Waals surface area contributed by atoms with Gasteiger partial charge in [-0.05, 0) is 17.7 Å². The van der Waals surface area contributed by atoms with Gasteiger partial charge in [0.2, 0.25) is 5.91 Å². The summed E-state index contributed by atoms with van der Waals surface area (Å²) in [7, 11) is 0. The molecule has 0 spiro atoms. The normalized spacial score (nSPS) is 9.73. The van der Waals surface area contributed by atoms with Gasteiger partial charge in [-0.25, -0.2) is 0 Å². The minimum atomic E-state index is -0.921. The van der Waals surface area contributed by atoms with E-state index in [2.05, 4.69) is 0 Å². The lowest BCUT2D eigenvalue weighted by molar-refractivity contribution is -0.136. The van der Waals surface area contributed by atoms with E-state index in [9.17, 15) is 14.8 Å². The number of aliphatic carboxylic acids is 1. The van der Waals surface area contributed by atoms with Gasteiger partial charge in [0.15, 0.2) is 0 Å². The van der Waals surface area contributed by atoms with Gasteiger partial charge >= 0.3 is 5.97 Å². The molecule has 5 heteroatoms. The molecule has 0 bridgehead atoms. The first-order valence-electron chi connectivity index (χ1n) is 4.31. The average Bonchev–Trinajstić information content (AvgIpc) is 2.17. The summed E-state index contributed by atoms with van der Waals surface area (Å²) in [4.78, 5) is 21.2. The fourth-order valence-corrected chi connectivity index (χ4v) is 1.11. The zero-order valence-electron chi connectivity index (χ0n) is 8.17. The number of nitrogens with zero attached hydrogens (tertiary/aromatic N) is 1. The molecule has 1 aromatic carbocycles. The molecule has 0 atom stereocenters. The maximum absolute atomic E-state index is 10.8. The highest BCUT2D eigenvalue weighted by molar-refractivity contribution is 5.88. The zero-order valence-corrected chi connectivity index (χ0v) is 8.17. The van der Waals surface area contributed by atoms with Crippen molar-refractivity contribution in [3.63, 3.8) is 0 Å². The monoisotopic (exact) mass is 209 g/mol. The van der Waals surface area contributed by atoms with Gasteiger partial charge in [0.05, 0.1) is 12.1 Å². The molecule has 0 aliphatic carbocycles. The molecule has 0 fully saturated rings. The molecule has 2 N–H and O–H groups in total. The van der Waals surface area contributed by atoms with Crippen LogP contribution >= 0.6 is 0 Å². The molecule has 0 unspecified atom stereocenters. The van der Waals surface area contributed by atoms with Crippen molar-refractivity contribution in [2.75, 3.05) is 5.06 Å². The van der Waals surface area contributed by atoms with E-state index in [4.69, 9.17) is 5.11 Å². The SMILES string of the molecule is CC(=O)N(O)c1ccc(CC(=O)O)cc1. The van der Waals surface area contributed by atoms with Crippen molar-refractivity contribution >= 4 is 17.6 Å². The molecule has 0 heterocycles. The molecule has 1 amide bonds. The molecule has 0 saturated heterocycles. The van der Waals surface area contributed by atoms with Crippen molar-refractivity contribution < 1.29 is 19.9 Å². The minimum Gasteiger partial charge on any atom is -0.481 e. The maximum Gasteiger partial charge on any atom is 0.307 e. The minimum absolute atomic E-state index is 0.0776. The topological polar surface area (TPSA) is 77.8 Å².